The summed E-state index contributed by atoms with van der Waals surface area (Å²) in [7, 11) is 0. The average molecular weight is 258 g/mol. The Morgan fingerprint density at radius 3 is 2.25 bits per heavy atom. The van der Waals surface area contributed by atoms with Crippen LogP contribution >= 0.6 is 0 Å². The van der Waals surface area contributed by atoms with Gasteiger partial charge in [-0.2, -0.15) is 0 Å². The molecule has 0 aliphatic carbocycles. The molecule has 0 spiro atoms. The van der Waals surface area contributed by atoms with E-state index in [4.69, 9.17) is 0 Å². The van der Waals surface area contributed by atoms with E-state index in [1.165, 1.54) is 5.56 Å². The number of benzene rings is 2. The summed E-state index contributed by atoms with van der Waals surface area (Å²) < 4.78 is 0. The SMILES string of the molecule is C=C=CC(C#Cc1ccccc1)CCc1ccccc1. The molecule has 1 unspecified atom stereocenters. The van der Waals surface area contributed by atoms with Crippen molar-refractivity contribution in [3.05, 3.63) is 90.2 Å². The predicted octanol–water partition coefficient (Wildman–Crippen LogP) is 4.63. The Morgan fingerprint density at radius 1 is 0.950 bits per heavy atom. The molecule has 0 N–H and O–H groups in total. The zero-order valence-corrected chi connectivity index (χ0v) is 11.5. The van der Waals surface area contributed by atoms with Gasteiger partial charge in [-0.1, -0.05) is 67.0 Å². The smallest absolute Gasteiger partial charge is 0.0463 e. The van der Waals surface area contributed by atoms with Crippen molar-refractivity contribution >= 4 is 0 Å². The zero-order valence-electron chi connectivity index (χ0n) is 11.5. The van der Waals surface area contributed by atoms with Crippen LogP contribution in [0.4, 0.5) is 0 Å². The lowest BCUT2D eigenvalue weighted by molar-refractivity contribution is 0.729. The third-order valence-corrected chi connectivity index (χ3v) is 3.08. The van der Waals surface area contributed by atoms with E-state index in [0.29, 0.717) is 0 Å². The minimum absolute atomic E-state index is 0.202. The van der Waals surface area contributed by atoms with Crippen molar-refractivity contribution < 1.29 is 0 Å². The van der Waals surface area contributed by atoms with Crippen molar-refractivity contribution in [3.63, 3.8) is 0 Å². The van der Waals surface area contributed by atoms with Gasteiger partial charge in [-0.15, -0.1) is 5.73 Å². The molecule has 1 atom stereocenters. The van der Waals surface area contributed by atoms with Crippen LogP contribution in [0.1, 0.15) is 17.5 Å². The van der Waals surface area contributed by atoms with Gasteiger partial charge < -0.3 is 0 Å². The van der Waals surface area contributed by atoms with Gasteiger partial charge in [0.2, 0.25) is 0 Å². The van der Waals surface area contributed by atoms with E-state index >= 15 is 0 Å². The Bertz CT molecular complexity index is 620. The van der Waals surface area contributed by atoms with Gasteiger partial charge in [0.15, 0.2) is 0 Å². The third kappa shape index (κ3) is 4.65. The van der Waals surface area contributed by atoms with Crippen LogP contribution in [0.25, 0.3) is 0 Å². The van der Waals surface area contributed by atoms with Gasteiger partial charge in [-0.3, -0.25) is 0 Å². The summed E-state index contributed by atoms with van der Waals surface area (Å²) in [6.07, 6.45) is 3.97. The molecule has 0 fully saturated rings. The number of aryl methyl sites for hydroxylation is 1. The molecule has 0 radical (unpaired) electrons. The van der Waals surface area contributed by atoms with E-state index in [1.807, 2.05) is 42.5 Å². The molecule has 0 aliphatic heterocycles. The Kier molecular flexibility index (Phi) is 5.47. The molecule has 20 heavy (non-hydrogen) atoms. The monoisotopic (exact) mass is 258 g/mol. The number of hydrogen-bond acceptors (Lipinski definition) is 0. The van der Waals surface area contributed by atoms with Crippen LogP contribution in [-0.2, 0) is 6.42 Å². The third-order valence-electron chi connectivity index (χ3n) is 3.08. The molecule has 0 amide bonds. The van der Waals surface area contributed by atoms with Gasteiger partial charge in [-0.25, -0.2) is 0 Å². The summed E-state index contributed by atoms with van der Waals surface area (Å²) >= 11 is 0. The summed E-state index contributed by atoms with van der Waals surface area (Å²) in [5.41, 5.74) is 5.26. The molecule has 0 bridgehead atoms. The number of hydrogen-bond donors (Lipinski definition) is 0. The molecule has 2 rings (SSSR count). The normalized spacial score (nSPS) is 10.8. The van der Waals surface area contributed by atoms with Crippen LogP contribution in [0.3, 0.4) is 0 Å². The molecule has 98 valence electrons. The van der Waals surface area contributed by atoms with Gasteiger partial charge in [0, 0.05) is 11.5 Å². The Hall–Kier alpha value is -2.48. The highest BCUT2D eigenvalue weighted by atomic mass is 14.0. The van der Waals surface area contributed by atoms with Crippen molar-refractivity contribution in [2.75, 3.05) is 0 Å². The summed E-state index contributed by atoms with van der Waals surface area (Å²) in [5.74, 6) is 6.72. The van der Waals surface area contributed by atoms with Crippen LogP contribution in [0, 0.1) is 17.8 Å². The molecule has 0 heteroatoms. The molecule has 0 nitrogen and oxygen atoms in total. The van der Waals surface area contributed by atoms with Gasteiger partial charge in [0.25, 0.3) is 0 Å². The molecular weight excluding hydrogens is 240 g/mol. The maximum absolute atomic E-state index is 3.66. The maximum atomic E-state index is 3.66. The van der Waals surface area contributed by atoms with Crippen LogP contribution in [0.5, 0.6) is 0 Å². The van der Waals surface area contributed by atoms with Gasteiger partial charge >= 0.3 is 0 Å². The highest BCUT2D eigenvalue weighted by Gasteiger charge is 2.01. The molecule has 0 saturated carbocycles. The van der Waals surface area contributed by atoms with E-state index in [0.717, 1.165) is 18.4 Å². The van der Waals surface area contributed by atoms with Gasteiger partial charge in [-0.05, 0) is 36.6 Å². The second-order valence-corrected chi connectivity index (χ2v) is 4.64. The van der Waals surface area contributed by atoms with Crippen molar-refractivity contribution in [2.24, 2.45) is 5.92 Å². The largest absolute Gasteiger partial charge is 0.132 e. The topological polar surface area (TPSA) is 0 Å². The van der Waals surface area contributed by atoms with E-state index in [9.17, 15) is 0 Å². The second kappa shape index (κ2) is 7.85. The molecule has 0 aromatic heterocycles. The minimum Gasteiger partial charge on any atom is -0.132 e. The molecule has 0 aliphatic rings. The number of rotatable bonds is 4. The Morgan fingerprint density at radius 2 is 1.60 bits per heavy atom. The average Bonchev–Trinajstić information content (AvgIpc) is 2.52. The van der Waals surface area contributed by atoms with Crippen molar-refractivity contribution in [1.29, 1.82) is 0 Å². The van der Waals surface area contributed by atoms with E-state index in [-0.39, 0.29) is 5.92 Å². The van der Waals surface area contributed by atoms with Gasteiger partial charge in [0.1, 0.15) is 0 Å². The van der Waals surface area contributed by atoms with Crippen molar-refractivity contribution in [1.82, 2.24) is 0 Å². The fourth-order valence-electron chi connectivity index (χ4n) is 2.00. The lowest BCUT2D eigenvalue weighted by atomic mass is 9.99. The fraction of sp³-hybridized carbons (Fsp3) is 0.150. The van der Waals surface area contributed by atoms with E-state index < -0.39 is 0 Å². The predicted molar refractivity (Wildman–Crippen MR) is 85.3 cm³/mol. The maximum Gasteiger partial charge on any atom is 0.0463 e. The highest BCUT2D eigenvalue weighted by Crippen LogP contribution is 2.10. The lowest BCUT2D eigenvalue weighted by Crippen LogP contribution is -1.96. The molecule has 0 heterocycles. The highest BCUT2D eigenvalue weighted by molar-refractivity contribution is 5.34. The van der Waals surface area contributed by atoms with Crippen molar-refractivity contribution in [3.8, 4) is 11.8 Å². The first-order chi connectivity index (χ1) is 9.88. The Labute approximate surface area is 121 Å². The summed E-state index contributed by atoms with van der Waals surface area (Å²) in [5, 5.41) is 0. The first kappa shape index (κ1) is 13.9. The van der Waals surface area contributed by atoms with Crippen LogP contribution < -0.4 is 0 Å². The second-order valence-electron chi connectivity index (χ2n) is 4.64. The quantitative estimate of drug-likeness (QED) is 0.554. The molecule has 2 aromatic rings. The molecular formula is C20H18. The van der Waals surface area contributed by atoms with Gasteiger partial charge in [0.05, 0.1) is 0 Å². The zero-order chi connectivity index (χ0) is 14.0. The van der Waals surface area contributed by atoms with Crippen LogP contribution in [0.2, 0.25) is 0 Å². The van der Waals surface area contributed by atoms with Crippen LogP contribution in [0.15, 0.2) is 79.0 Å². The summed E-state index contributed by atoms with van der Waals surface area (Å²) in [6, 6.07) is 20.6. The summed E-state index contributed by atoms with van der Waals surface area (Å²) in [6.45, 7) is 3.66. The van der Waals surface area contributed by atoms with Crippen LogP contribution in [-0.4, -0.2) is 0 Å². The first-order valence-corrected chi connectivity index (χ1v) is 6.85. The summed E-state index contributed by atoms with van der Waals surface area (Å²) in [4.78, 5) is 0. The number of allylic oxidation sites excluding steroid dienone is 1. The molecule has 2 aromatic carbocycles. The first-order valence-electron chi connectivity index (χ1n) is 6.85. The standard InChI is InChI=1S/C20H18/c1-2-9-18(14-16-19-10-5-3-6-11-19)15-17-20-12-7-4-8-13-20/h3-13,18H,1,14,16H2. The van der Waals surface area contributed by atoms with E-state index in [1.54, 1.807) is 0 Å². The lowest BCUT2D eigenvalue weighted by Gasteiger charge is -2.04. The minimum atomic E-state index is 0.202. The molecule has 0 saturated heterocycles. The Balaban J connectivity index is 2.01. The van der Waals surface area contributed by atoms with Crippen molar-refractivity contribution in [2.45, 2.75) is 12.8 Å². The fourth-order valence-corrected chi connectivity index (χ4v) is 2.00. The van der Waals surface area contributed by atoms with E-state index in [2.05, 4.69) is 48.4 Å².